The predicted octanol–water partition coefficient (Wildman–Crippen LogP) is 5.19. The Kier molecular flexibility index (Phi) is 9.02. The first-order valence-corrected chi connectivity index (χ1v) is 12.9. The number of hydrogen-bond donors (Lipinski definition) is 1. The van der Waals surface area contributed by atoms with E-state index in [1.165, 1.54) is 29.2 Å². The van der Waals surface area contributed by atoms with Crippen molar-refractivity contribution in [2.45, 2.75) is 25.9 Å². The fourth-order valence-electron chi connectivity index (χ4n) is 4.17. The second-order valence-electron chi connectivity index (χ2n) is 8.84. The zero-order valence-electron chi connectivity index (χ0n) is 20.0. The van der Waals surface area contributed by atoms with Crippen molar-refractivity contribution < 1.29 is 18.4 Å². The molecule has 0 bridgehead atoms. The molecule has 1 aliphatic rings. The first-order chi connectivity index (χ1) is 17.5. The topological polar surface area (TPSA) is 55.9 Å². The number of halogens is 2. The maximum absolute atomic E-state index is 14.2. The van der Waals surface area contributed by atoms with E-state index in [1.807, 2.05) is 17.5 Å². The molecule has 0 spiro atoms. The molecule has 4 rings (SSSR count). The summed E-state index contributed by atoms with van der Waals surface area (Å²) in [6.45, 7) is 3.42. The molecule has 0 aliphatic carbocycles. The lowest BCUT2D eigenvalue weighted by Crippen LogP contribution is -2.46. The van der Waals surface area contributed by atoms with Crippen molar-refractivity contribution in [1.29, 1.82) is 0 Å². The van der Waals surface area contributed by atoms with Gasteiger partial charge in [0.2, 0.25) is 5.91 Å². The van der Waals surface area contributed by atoms with Gasteiger partial charge in [0.05, 0.1) is 12.2 Å². The van der Waals surface area contributed by atoms with Crippen LogP contribution in [-0.4, -0.2) is 59.4 Å². The molecule has 1 N–H and O–H groups in total. The van der Waals surface area contributed by atoms with Crippen molar-refractivity contribution >= 4 is 29.0 Å². The number of likely N-dealkylation sites (tertiary alicyclic amines) is 1. The highest BCUT2D eigenvalue weighted by Crippen LogP contribution is 2.17. The Morgan fingerprint density at radius 1 is 0.917 bits per heavy atom. The fourth-order valence-corrected chi connectivity index (χ4v) is 4.89. The average Bonchev–Trinajstić information content (AvgIpc) is 3.58. The van der Waals surface area contributed by atoms with Crippen molar-refractivity contribution in [3.05, 3.63) is 88.1 Å². The smallest absolute Gasteiger partial charge is 0.322 e. The van der Waals surface area contributed by atoms with Crippen LogP contribution in [0, 0.1) is 11.6 Å². The SMILES string of the molecule is O=C(CN(CCN1CCCC1)C(=O)Nc1ccccc1F)N(Cc1ccc(F)cc1)Cc1cccs1. The molecule has 3 aromatic rings. The van der Waals surface area contributed by atoms with E-state index < -0.39 is 11.8 Å². The molecule has 0 unspecified atom stereocenters. The molecule has 6 nitrogen and oxygen atoms in total. The second kappa shape index (κ2) is 12.6. The third kappa shape index (κ3) is 7.35. The number of para-hydroxylation sites is 1. The highest BCUT2D eigenvalue weighted by Gasteiger charge is 2.24. The normalized spacial score (nSPS) is 13.5. The monoisotopic (exact) mass is 512 g/mol. The maximum atomic E-state index is 14.2. The van der Waals surface area contributed by atoms with Crippen LogP contribution in [0.4, 0.5) is 19.3 Å². The van der Waals surface area contributed by atoms with Crippen LogP contribution >= 0.6 is 11.3 Å². The van der Waals surface area contributed by atoms with Gasteiger partial charge in [0.25, 0.3) is 0 Å². The van der Waals surface area contributed by atoms with Crippen LogP contribution in [0.15, 0.2) is 66.0 Å². The minimum absolute atomic E-state index is 0.0721. The zero-order chi connectivity index (χ0) is 25.3. The van der Waals surface area contributed by atoms with Gasteiger partial charge >= 0.3 is 6.03 Å². The van der Waals surface area contributed by atoms with Crippen LogP contribution in [0.25, 0.3) is 0 Å². The van der Waals surface area contributed by atoms with Gasteiger partial charge in [-0.1, -0.05) is 30.3 Å². The standard InChI is InChI=1S/C27H30F2N4O2S/c28-22-11-9-21(10-12-22)18-33(19-23-6-5-17-36-23)26(34)20-32(16-15-31-13-3-4-14-31)27(35)30-25-8-2-1-7-24(25)29/h1-2,5-12,17H,3-4,13-16,18-20H2,(H,30,35). The van der Waals surface area contributed by atoms with Crippen LogP contribution < -0.4 is 5.32 Å². The number of hydrogen-bond acceptors (Lipinski definition) is 4. The minimum atomic E-state index is -0.535. The van der Waals surface area contributed by atoms with Crippen molar-refractivity contribution in [3.8, 4) is 0 Å². The van der Waals surface area contributed by atoms with E-state index in [9.17, 15) is 18.4 Å². The summed E-state index contributed by atoms with van der Waals surface area (Å²) in [5.41, 5.74) is 0.864. The quantitative estimate of drug-likeness (QED) is 0.407. The summed E-state index contributed by atoms with van der Waals surface area (Å²) < 4.78 is 27.6. The van der Waals surface area contributed by atoms with Crippen LogP contribution in [0.1, 0.15) is 23.3 Å². The summed E-state index contributed by atoms with van der Waals surface area (Å²) in [5, 5.41) is 4.56. The number of nitrogens with one attached hydrogen (secondary N) is 1. The third-order valence-electron chi connectivity index (χ3n) is 6.18. The second-order valence-corrected chi connectivity index (χ2v) is 9.87. The first kappa shape index (κ1) is 25.8. The summed E-state index contributed by atoms with van der Waals surface area (Å²) in [7, 11) is 0. The van der Waals surface area contributed by atoms with E-state index in [-0.39, 0.29) is 30.5 Å². The molecule has 1 aromatic heterocycles. The number of urea groups is 1. The molecule has 2 heterocycles. The molecule has 1 fully saturated rings. The van der Waals surface area contributed by atoms with E-state index >= 15 is 0 Å². The van der Waals surface area contributed by atoms with Gasteiger partial charge in [0.1, 0.15) is 18.2 Å². The largest absolute Gasteiger partial charge is 0.332 e. The minimum Gasteiger partial charge on any atom is -0.332 e. The van der Waals surface area contributed by atoms with Crippen molar-refractivity contribution in [2.24, 2.45) is 0 Å². The molecule has 3 amide bonds. The first-order valence-electron chi connectivity index (χ1n) is 12.1. The van der Waals surface area contributed by atoms with Crippen LogP contribution in [0.5, 0.6) is 0 Å². The number of anilines is 1. The van der Waals surface area contributed by atoms with Crippen LogP contribution in [-0.2, 0) is 17.9 Å². The number of benzene rings is 2. The number of amides is 3. The molecule has 0 saturated carbocycles. The number of carbonyl (C=O) groups is 2. The summed E-state index contributed by atoms with van der Waals surface area (Å²) in [6.07, 6.45) is 2.24. The number of nitrogens with zero attached hydrogens (tertiary/aromatic N) is 3. The van der Waals surface area contributed by atoms with Gasteiger partial charge in [0.15, 0.2) is 0 Å². The number of thiophene rings is 1. The highest BCUT2D eigenvalue weighted by molar-refractivity contribution is 7.09. The number of rotatable bonds is 10. The Morgan fingerprint density at radius 2 is 1.67 bits per heavy atom. The maximum Gasteiger partial charge on any atom is 0.322 e. The van der Waals surface area contributed by atoms with Gasteiger partial charge < -0.3 is 20.0 Å². The Balaban J connectivity index is 1.49. The van der Waals surface area contributed by atoms with Gasteiger partial charge in [-0.05, 0) is 67.2 Å². The average molecular weight is 513 g/mol. The summed E-state index contributed by atoms with van der Waals surface area (Å²) >= 11 is 1.54. The lowest BCUT2D eigenvalue weighted by atomic mass is 10.2. The van der Waals surface area contributed by atoms with E-state index in [1.54, 1.807) is 40.5 Å². The Hall–Kier alpha value is -3.30. The summed E-state index contributed by atoms with van der Waals surface area (Å²) in [5.74, 6) is -1.11. The van der Waals surface area contributed by atoms with E-state index in [0.717, 1.165) is 36.4 Å². The van der Waals surface area contributed by atoms with E-state index in [4.69, 9.17) is 0 Å². The van der Waals surface area contributed by atoms with E-state index in [0.29, 0.717) is 19.6 Å². The number of carbonyl (C=O) groups excluding carboxylic acids is 2. The zero-order valence-corrected chi connectivity index (χ0v) is 20.9. The summed E-state index contributed by atoms with van der Waals surface area (Å²) in [4.78, 5) is 33.1. The fraction of sp³-hybridized carbons (Fsp3) is 0.333. The van der Waals surface area contributed by atoms with Gasteiger partial charge in [-0.15, -0.1) is 11.3 Å². The van der Waals surface area contributed by atoms with Gasteiger partial charge in [0, 0.05) is 24.5 Å². The van der Waals surface area contributed by atoms with Crippen molar-refractivity contribution in [3.63, 3.8) is 0 Å². The molecule has 1 saturated heterocycles. The lowest BCUT2D eigenvalue weighted by molar-refractivity contribution is -0.133. The molecule has 0 atom stereocenters. The molecule has 190 valence electrons. The van der Waals surface area contributed by atoms with Crippen molar-refractivity contribution in [1.82, 2.24) is 14.7 Å². The van der Waals surface area contributed by atoms with Gasteiger partial charge in [-0.25, -0.2) is 13.6 Å². The Morgan fingerprint density at radius 3 is 2.36 bits per heavy atom. The van der Waals surface area contributed by atoms with E-state index in [2.05, 4.69) is 10.2 Å². The lowest BCUT2D eigenvalue weighted by Gasteiger charge is -2.29. The predicted molar refractivity (Wildman–Crippen MR) is 138 cm³/mol. The summed E-state index contributed by atoms with van der Waals surface area (Å²) in [6, 6.07) is 15.4. The Labute approximate surface area is 214 Å². The molecule has 9 heteroatoms. The Bertz CT molecular complexity index is 1130. The van der Waals surface area contributed by atoms with Crippen molar-refractivity contribution in [2.75, 3.05) is 38.0 Å². The third-order valence-corrected chi connectivity index (χ3v) is 7.04. The van der Waals surface area contributed by atoms with Gasteiger partial charge in [-0.2, -0.15) is 0 Å². The molecular weight excluding hydrogens is 482 g/mol. The molecule has 2 aromatic carbocycles. The van der Waals surface area contributed by atoms with Crippen LogP contribution in [0.3, 0.4) is 0 Å². The molecular formula is C27H30F2N4O2S. The molecule has 0 radical (unpaired) electrons. The van der Waals surface area contributed by atoms with Gasteiger partial charge in [-0.3, -0.25) is 4.79 Å². The molecule has 36 heavy (non-hydrogen) atoms. The molecule has 1 aliphatic heterocycles. The highest BCUT2D eigenvalue weighted by atomic mass is 32.1. The van der Waals surface area contributed by atoms with Crippen LogP contribution in [0.2, 0.25) is 0 Å².